The molecule has 2 rings (SSSR count). The van der Waals surface area contributed by atoms with Gasteiger partial charge >= 0.3 is 5.97 Å². The minimum absolute atomic E-state index is 0.0751. The van der Waals surface area contributed by atoms with Crippen molar-refractivity contribution in [2.45, 2.75) is 6.61 Å². The predicted octanol–water partition coefficient (Wildman–Crippen LogP) is 2.91. The number of halogens is 2. The summed E-state index contributed by atoms with van der Waals surface area (Å²) in [4.78, 5) is 11.9. The summed E-state index contributed by atoms with van der Waals surface area (Å²) in [5.41, 5.74) is 5.62. The van der Waals surface area contributed by atoms with Crippen molar-refractivity contribution in [2.75, 3.05) is 12.8 Å². The molecule has 0 saturated heterocycles. The molecule has 0 aliphatic carbocycles. The van der Waals surface area contributed by atoms with Gasteiger partial charge < -0.3 is 15.2 Å². The van der Waals surface area contributed by atoms with Crippen LogP contribution in [0.3, 0.4) is 0 Å². The van der Waals surface area contributed by atoms with Crippen molar-refractivity contribution in [3.63, 3.8) is 0 Å². The number of methoxy groups -OCH3 is 1. The van der Waals surface area contributed by atoms with Gasteiger partial charge in [0.25, 0.3) is 0 Å². The zero-order valence-electron chi connectivity index (χ0n) is 11.2. The van der Waals surface area contributed by atoms with E-state index in [0.717, 1.165) is 12.1 Å². The third-order valence-corrected chi connectivity index (χ3v) is 2.89. The van der Waals surface area contributed by atoms with Crippen molar-refractivity contribution in [3.05, 3.63) is 59.2 Å². The number of carbonyl (C=O) groups excluding carboxylic acids is 1. The normalized spacial score (nSPS) is 10.2. The van der Waals surface area contributed by atoms with Crippen LogP contribution in [0.25, 0.3) is 0 Å². The Morgan fingerprint density at radius 1 is 1.19 bits per heavy atom. The molecule has 21 heavy (non-hydrogen) atoms. The zero-order valence-corrected chi connectivity index (χ0v) is 11.2. The maximum Gasteiger partial charge on any atom is 0.340 e. The number of carbonyl (C=O) groups is 1. The standard InChI is InChI=1S/C15H13F2NO3/c1-20-9-5-6-14(18)10(7-9)15(19)21-8-11-12(16)3-2-4-13(11)17/h2-7H,8,18H2,1H3. The van der Waals surface area contributed by atoms with Crippen LogP contribution in [0.5, 0.6) is 5.75 Å². The highest BCUT2D eigenvalue weighted by Crippen LogP contribution is 2.21. The number of hydrogen-bond donors (Lipinski definition) is 1. The average molecular weight is 293 g/mol. The molecular formula is C15H13F2NO3. The summed E-state index contributed by atoms with van der Waals surface area (Å²) in [6.45, 7) is -0.520. The van der Waals surface area contributed by atoms with Crippen molar-refractivity contribution in [1.82, 2.24) is 0 Å². The highest BCUT2D eigenvalue weighted by molar-refractivity contribution is 5.95. The van der Waals surface area contributed by atoms with Gasteiger partial charge in [-0.1, -0.05) is 6.07 Å². The van der Waals surface area contributed by atoms with Gasteiger partial charge in [0, 0.05) is 5.69 Å². The van der Waals surface area contributed by atoms with Gasteiger partial charge in [0.2, 0.25) is 0 Å². The quantitative estimate of drug-likeness (QED) is 0.695. The lowest BCUT2D eigenvalue weighted by molar-refractivity contribution is 0.0465. The Morgan fingerprint density at radius 3 is 2.48 bits per heavy atom. The molecule has 0 amide bonds. The first-order valence-electron chi connectivity index (χ1n) is 6.06. The van der Waals surface area contributed by atoms with Crippen molar-refractivity contribution in [1.29, 1.82) is 0 Å². The Bertz CT molecular complexity index is 654. The van der Waals surface area contributed by atoms with Gasteiger partial charge in [-0.25, -0.2) is 13.6 Å². The summed E-state index contributed by atoms with van der Waals surface area (Å²) < 4.78 is 36.7. The van der Waals surface area contributed by atoms with Gasteiger partial charge in [-0.05, 0) is 30.3 Å². The number of benzene rings is 2. The second-order valence-corrected chi connectivity index (χ2v) is 4.23. The molecule has 2 aromatic carbocycles. The Labute approximate surface area is 120 Å². The molecule has 0 spiro atoms. The number of anilines is 1. The third-order valence-electron chi connectivity index (χ3n) is 2.89. The fourth-order valence-electron chi connectivity index (χ4n) is 1.72. The maximum atomic E-state index is 13.4. The van der Waals surface area contributed by atoms with Crippen LogP contribution in [-0.2, 0) is 11.3 Å². The summed E-state index contributed by atoms with van der Waals surface area (Å²) in [6.07, 6.45) is 0. The SMILES string of the molecule is COc1ccc(N)c(C(=O)OCc2c(F)cccc2F)c1. The van der Waals surface area contributed by atoms with Gasteiger partial charge in [-0.2, -0.15) is 0 Å². The topological polar surface area (TPSA) is 61.5 Å². The highest BCUT2D eigenvalue weighted by Gasteiger charge is 2.15. The molecule has 0 saturated carbocycles. The van der Waals surface area contributed by atoms with E-state index < -0.39 is 24.2 Å². The maximum absolute atomic E-state index is 13.4. The van der Waals surface area contributed by atoms with Gasteiger partial charge in [0.05, 0.1) is 18.2 Å². The minimum atomic E-state index is -0.783. The minimum Gasteiger partial charge on any atom is -0.497 e. The lowest BCUT2D eigenvalue weighted by Crippen LogP contribution is -2.10. The van der Waals surface area contributed by atoms with Crippen LogP contribution >= 0.6 is 0 Å². The van der Waals surface area contributed by atoms with E-state index in [-0.39, 0.29) is 16.8 Å². The van der Waals surface area contributed by atoms with Crippen LogP contribution in [0.1, 0.15) is 15.9 Å². The third kappa shape index (κ3) is 3.28. The molecule has 110 valence electrons. The number of rotatable bonds is 4. The van der Waals surface area contributed by atoms with Crippen LogP contribution in [-0.4, -0.2) is 13.1 Å². The van der Waals surface area contributed by atoms with Gasteiger partial charge in [0.15, 0.2) is 0 Å². The van der Waals surface area contributed by atoms with E-state index in [4.69, 9.17) is 15.2 Å². The fraction of sp³-hybridized carbons (Fsp3) is 0.133. The second-order valence-electron chi connectivity index (χ2n) is 4.23. The van der Waals surface area contributed by atoms with E-state index in [0.29, 0.717) is 5.75 Å². The average Bonchev–Trinajstić information content (AvgIpc) is 2.47. The summed E-state index contributed by atoms with van der Waals surface area (Å²) in [5.74, 6) is -1.91. The van der Waals surface area contributed by atoms with Crippen molar-refractivity contribution < 1.29 is 23.0 Å². The molecule has 0 aliphatic rings. The van der Waals surface area contributed by atoms with E-state index in [1.54, 1.807) is 6.07 Å². The van der Waals surface area contributed by atoms with Gasteiger partial charge in [-0.15, -0.1) is 0 Å². The zero-order chi connectivity index (χ0) is 15.4. The predicted molar refractivity (Wildman–Crippen MR) is 72.9 cm³/mol. The van der Waals surface area contributed by atoms with Crippen molar-refractivity contribution in [2.24, 2.45) is 0 Å². The largest absolute Gasteiger partial charge is 0.497 e. The molecule has 0 aromatic heterocycles. The van der Waals surface area contributed by atoms with Crippen molar-refractivity contribution in [3.8, 4) is 5.75 Å². The highest BCUT2D eigenvalue weighted by atomic mass is 19.1. The number of nitrogen functional groups attached to an aromatic ring is 1. The molecule has 0 bridgehead atoms. The monoisotopic (exact) mass is 293 g/mol. The molecule has 2 aromatic rings. The smallest absolute Gasteiger partial charge is 0.340 e. The van der Waals surface area contributed by atoms with Crippen molar-refractivity contribution >= 4 is 11.7 Å². The lowest BCUT2D eigenvalue weighted by Gasteiger charge is -2.09. The molecule has 0 heterocycles. The van der Waals surface area contributed by atoms with E-state index in [1.165, 1.54) is 25.3 Å². The first-order valence-corrected chi connectivity index (χ1v) is 6.06. The molecular weight excluding hydrogens is 280 g/mol. The van der Waals surface area contributed by atoms with E-state index >= 15 is 0 Å². The van der Waals surface area contributed by atoms with Gasteiger partial charge in [0.1, 0.15) is 24.0 Å². The fourth-order valence-corrected chi connectivity index (χ4v) is 1.72. The number of ether oxygens (including phenoxy) is 2. The molecule has 0 fully saturated rings. The summed E-state index contributed by atoms with van der Waals surface area (Å²) in [5, 5.41) is 0. The number of nitrogens with two attached hydrogens (primary N) is 1. The van der Waals surface area contributed by atoms with E-state index in [9.17, 15) is 13.6 Å². The Hall–Kier alpha value is -2.63. The first-order chi connectivity index (χ1) is 10.0. The van der Waals surface area contributed by atoms with E-state index in [1.807, 2.05) is 0 Å². The molecule has 0 radical (unpaired) electrons. The Kier molecular flexibility index (Phi) is 4.37. The first kappa shape index (κ1) is 14.8. The lowest BCUT2D eigenvalue weighted by atomic mass is 10.1. The Morgan fingerprint density at radius 2 is 1.86 bits per heavy atom. The number of hydrogen-bond acceptors (Lipinski definition) is 4. The second kappa shape index (κ2) is 6.21. The molecule has 0 aliphatic heterocycles. The van der Waals surface area contributed by atoms with Crippen LogP contribution in [0.4, 0.5) is 14.5 Å². The molecule has 2 N–H and O–H groups in total. The van der Waals surface area contributed by atoms with Crippen LogP contribution in [0, 0.1) is 11.6 Å². The Balaban J connectivity index is 2.15. The summed E-state index contributed by atoms with van der Waals surface area (Å²) >= 11 is 0. The molecule has 4 nitrogen and oxygen atoms in total. The van der Waals surface area contributed by atoms with E-state index in [2.05, 4.69) is 0 Å². The van der Waals surface area contributed by atoms with Gasteiger partial charge in [-0.3, -0.25) is 0 Å². The van der Waals surface area contributed by atoms with Crippen LogP contribution in [0.2, 0.25) is 0 Å². The molecule has 0 unspecified atom stereocenters. The molecule has 0 atom stereocenters. The van der Waals surface area contributed by atoms with Crippen LogP contribution in [0.15, 0.2) is 36.4 Å². The van der Waals surface area contributed by atoms with Crippen LogP contribution < -0.4 is 10.5 Å². The summed E-state index contributed by atoms with van der Waals surface area (Å²) in [7, 11) is 1.44. The molecule has 6 heteroatoms. The summed E-state index contributed by atoms with van der Waals surface area (Å²) in [6, 6.07) is 7.88. The number of esters is 1.